The number of hydrogen-bond donors (Lipinski definition) is 2. The third-order valence-corrected chi connectivity index (χ3v) is 6.93. The lowest BCUT2D eigenvalue weighted by molar-refractivity contribution is 0.403. The normalized spacial score (nSPS) is 18.7. The number of ether oxygens (including phenoxy) is 1. The molecule has 0 radical (unpaired) electrons. The van der Waals surface area contributed by atoms with Crippen molar-refractivity contribution in [1.82, 2.24) is 10.6 Å². The summed E-state index contributed by atoms with van der Waals surface area (Å²) >= 11 is 1.83. The fourth-order valence-electron chi connectivity index (χ4n) is 4.11. The molecule has 1 aromatic heterocycles. The minimum absolute atomic E-state index is 0. The van der Waals surface area contributed by atoms with Gasteiger partial charge in [-0.1, -0.05) is 18.2 Å². The number of para-hydroxylation sites is 1. The zero-order valence-electron chi connectivity index (χ0n) is 17.2. The number of benzene rings is 1. The monoisotopic (exact) mass is 526 g/mol. The highest BCUT2D eigenvalue weighted by Gasteiger charge is 2.46. The Bertz CT molecular complexity index is 799. The summed E-state index contributed by atoms with van der Waals surface area (Å²) in [5.41, 5.74) is 1.48. The van der Waals surface area contributed by atoms with Crippen LogP contribution in [0.3, 0.4) is 0 Å². The van der Waals surface area contributed by atoms with E-state index in [0.29, 0.717) is 6.04 Å². The van der Waals surface area contributed by atoms with Crippen molar-refractivity contribution in [3.63, 3.8) is 0 Å². The predicted octanol–water partition coefficient (Wildman–Crippen LogP) is 4.24. The van der Waals surface area contributed by atoms with Crippen molar-refractivity contribution in [2.75, 3.05) is 38.7 Å². The molecule has 0 spiro atoms. The van der Waals surface area contributed by atoms with E-state index in [9.17, 15) is 0 Å². The molecule has 4 rings (SSSR count). The summed E-state index contributed by atoms with van der Waals surface area (Å²) in [6.45, 7) is 3.09. The molecule has 1 aliphatic carbocycles. The van der Waals surface area contributed by atoms with Crippen LogP contribution in [0.4, 0.5) is 5.00 Å². The Morgan fingerprint density at radius 2 is 1.97 bits per heavy atom. The number of methoxy groups -OCH3 is 1. The number of guanidine groups is 1. The summed E-state index contributed by atoms with van der Waals surface area (Å²) in [5, 5.41) is 10.8. The van der Waals surface area contributed by atoms with Crippen LogP contribution in [0.25, 0.3) is 0 Å². The molecule has 158 valence electrons. The molecule has 2 heterocycles. The second-order valence-electron chi connectivity index (χ2n) is 7.76. The van der Waals surface area contributed by atoms with E-state index in [4.69, 9.17) is 4.74 Å². The van der Waals surface area contributed by atoms with Gasteiger partial charge in [0.05, 0.1) is 12.1 Å². The van der Waals surface area contributed by atoms with Crippen LogP contribution in [0.2, 0.25) is 0 Å². The molecule has 1 saturated carbocycles. The lowest BCUT2D eigenvalue weighted by atomic mass is 9.95. The SMILES string of the molecule is CN=C(NCC1(c2ccccc2OC)CC1)NC1CCN(c2cccs2)CC1.I. The van der Waals surface area contributed by atoms with E-state index in [-0.39, 0.29) is 29.4 Å². The standard InChI is InChI=1S/C22H30N4OS.HI/c1-23-21(25-17-9-13-26(14-10-17)20-8-5-15-28-20)24-16-22(11-12-22)18-6-3-4-7-19(18)27-2;/h3-8,15,17H,9-14,16H2,1-2H3,(H2,23,24,25);1H. The van der Waals surface area contributed by atoms with Gasteiger partial charge in [0, 0.05) is 43.7 Å². The van der Waals surface area contributed by atoms with Crippen molar-refractivity contribution in [1.29, 1.82) is 0 Å². The highest BCUT2D eigenvalue weighted by molar-refractivity contribution is 14.0. The van der Waals surface area contributed by atoms with E-state index in [2.05, 4.69) is 56.2 Å². The number of hydrogen-bond acceptors (Lipinski definition) is 4. The molecule has 1 aliphatic heterocycles. The largest absolute Gasteiger partial charge is 0.496 e. The quantitative estimate of drug-likeness (QED) is 0.336. The Morgan fingerprint density at radius 1 is 1.21 bits per heavy atom. The van der Waals surface area contributed by atoms with Crippen molar-refractivity contribution in [2.24, 2.45) is 4.99 Å². The van der Waals surface area contributed by atoms with E-state index in [1.807, 2.05) is 24.5 Å². The van der Waals surface area contributed by atoms with Crippen molar-refractivity contribution in [3.05, 3.63) is 47.3 Å². The molecule has 2 N–H and O–H groups in total. The van der Waals surface area contributed by atoms with E-state index >= 15 is 0 Å². The first-order valence-corrected chi connectivity index (χ1v) is 11.0. The Labute approximate surface area is 195 Å². The van der Waals surface area contributed by atoms with Crippen LogP contribution < -0.4 is 20.3 Å². The third-order valence-electron chi connectivity index (χ3n) is 6.00. The van der Waals surface area contributed by atoms with Crippen LogP contribution in [0.5, 0.6) is 5.75 Å². The summed E-state index contributed by atoms with van der Waals surface area (Å²) in [7, 11) is 3.62. The zero-order valence-corrected chi connectivity index (χ0v) is 20.3. The molecule has 2 aromatic rings. The van der Waals surface area contributed by atoms with Gasteiger partial charge < -0.3 is 20.3 Å². The lowest BCUT2D eigenvalue weighted by Gasteiger charge is -2.33. The molecule has 29 heavy (non-hydrogen) atoms. The molecule has 5 nitrogen and oxygen atoms in total. The molecule has 7 heteroatoms. The first kappa shape index (κ1) is 22.2. The number of nitrogens with one attached hydrogen (secondary N) is 2. The fraction of sp³-hybridized carbons (Fsp3) is 0.500. The fourth-order valence-corrected chi connectivity index (χ4v) is 4.90. The van der Waals surface area contributed by atoms with Gasteiger partial charge in [-0.05, 0) is 49.3 Å². The average molecular weight is 526 g/mol. The van der Waals surface area contributed by atoms with Crippen LogP contribution in [0.15, 0.2) is 46.8 Å². The number of nitrogens with zero attached hydrogens (tertiary/aromatic N) is 2. The Morgan fingerprint density at radius 3 is 2.59 bits per heavy atom. The summed E-state index contributed by atoms with van der Waals surface area (Å²) < 4.78 is 5.59. The Hall–Kier alpha value is -1.48. The summed E-state index contributed by atoms with van der Waals surface area (Å²) in [6.07, 6.45) is 4.65. The van der Waals surface area contributed by atoms with Crippen LogP contribution >= 0.6 is 35.3 Å². The molecule has 2 fully saturated rings. The second-order valence-corrected chi connectivity index (χ2v) is 8.69. The van der Waals surface area contributed by atoms with Crippen LogP contribution in [0.1, 0.15) is 31.2 Å². The minimum Gasteiger partial charge on any atom is -0.496 e. The number of anilines is 1. The maximum atomic E-state index is 5.59. The van der Waals surface area contributed by atoms with Gasteiger partial charge in [0.25, 0.3) is 0 Å². The van der Waals surface area contributed by atoms with E-state index < -0.39 is 0 Å². The Kier molecular flexibility index (Phi) is 7.67. The van der Waals surface area contributed by atoms with Crippen molar-refractivity contribution in [2.45, 2.75) is 37.1 Å². The number of piperidine rings is 1. The summed E-state index contributed by atoms with van der Waals surface area (Å²) in [4.78, 5) is 6.96. The van der Waals surface area contributed by atoms with Gasteiger partial charge in [-0.25, -0.2) is 0 Å². The maximum absolute atomic E-state index is 5.59. The van der Waals surface area contributed by atoms with Crippen LogP contribution in [0, 0.1) is 0 Å². The molecule has 0 bridgehead atoms. The van der Waals surface area contributed by atoms with E-state index in [1.165, 1.54) is 23.4 Å². The second kappa shape index (κ2) is 10.0. The maximum Gasteiger partial charge on any atom is 0.191 e. The molecule has 0 amide bonds. The Balaban J connectivity index is 0.00000240. The van der Waals surface area contributed by atoms with Gasteiger partial charge in [0.15, 0.2) is 5.96 Å². The molecule has 1 saturated heterocycles. The van der Waals surface area contributed by atoms with Gasteiger partial charge in [-0.3, -0.25) is 4.99 Å². The molecule has 2 aliphatic rings. The number of aliphatic imine (C=N–C) groups is 1. The molecule has 0 unspecified atom stereocenters. The summed E-state index contributed by atoms with van der Waals surface area (Å²) in [6, 6.07) is 13.2. The number of rotatable bonds is 6. The molecular formula is C22H31IN4OS. The van der Waals surface area contributed by atoms with E-state index in [1.54, 1.807) is 7.11 Å². The molecule has 0 atom stereocenters. The highest BCUT2D eigenvalue weighted by atomic mass is 127. The first-order valence-electron chi connectivity index (χ1n) is 10.1. The smallest absolute Gasteiger partial charge is 0.191 e. The predicted molar refractivity (Wildman–Crippen MR) is 133 cm³/mol. The van der Waals surface area contributed by atoms with Gasteiger partial charge in [-0.15, -0.1) is 35.3 Å². The zero-order chi connectivity index (χ0) is 19.4. The van der Waals surface area contributed by atoms with Crippen molar-refractivity contribution in [3.8, 4) is 5.75 Å². The molecular weight excluding hydrogens is 495 g/mol. The van der Waals surface area contributed by atoms with Gasteiger partial charge in [-0.2, -0.15) is 0 Å². The lowest BCUT2D eigenvalue weighted by Crippen LogP contribution is -2.49. The number of thiophene rings is 1. The first-order chi connectivity index (χ1) is 13.7. The van der Waals surface area contributed by atoms with Crippen molar-refractivity contribution < 1.29 is 4.74 Å². The van der Waals surface area contributed by atoms with Gasteiger partial charge in [0.2, 0.25) is 0 Å². The average Bonchev–Trinajstić information content (AvgIpc) is 3.34. The topological polar surface area (TPSA) is 48.9 Å². The van der Waals surface area contributed by atoms with Crippen LogP contribution in [-0.2, 0) is 5.41 Å². The number of halogens is 1. The van der Waals surface area contributed by atoms with Gasteiger partial charge in [0.1, 0.15) is 5.75 Å². The van der Waals surface area contributed by atoms with Crippen LogP contribution in [-0.4, -0.2) is 45.8 Å². The third kappa shape index (κ3) is 5.17. The minimum atomic E-state index is 0. The van der Waals surface area contributed by atoms with E-state index in [0.717, 1.165) is 44.2 Å². The highest BCUT2D eigenvalue weighted by Crippen LogP contribution is 2.50. The van der Waals surface area contributed by atoms with Crippen molar-refractivity contribution >= 4 is 46.3 Å². The summed E-state index contributed by atoms with van der Waals surface area (Å²) in [5.74, 6) is 1.90. The molecule has 1 aromatic carbocycles. The van der Waals surface area contributed by atoms with Gasteiger partial charge >= 0.3 is 0 Å².